The molecule has 0 bridgehead atoms. The van der Waals surface area contributed by atoms with Crippen molar-refractivity contribution >= 4 is 11.6 Å². The molecule has 0 aliphatic rings. The number of aliphatic hydroxyl groups excluding tert-OH is 1. The van der Waals surface area contributed by atoms with E-state index in [1.807, 2.05) is 0 Å². The Bertz CT molecular complexity index is 275. The zero-order valence-corrected chi connectivity index (χ0v) is 6.20. The van der Waals surface area contributed by atoms with Gasteiger partial charge in [-0.3, -0.25) is 0 Å². The highest BCUT2D eigenvalue weighted by molar-refractivity contribution is 6.31. The second-order valence-electron chi connectivity index (χ2n) is 1.98. The minimum absolute atomic E-state index is 0.202. The molecule has 1 rings (SSSR count). The van der Waals surface area contributed by atoms with E-state index in [-0.39, 0.29) is 10.6 Å². The molecule has 1 aromatic carbocycles. The molecule has 0 amide bonds. The van der Waals surface area contributed by atoms with Gasteiger partial charge in [0.2, 0.25) is 0 Å². The molecule has 0 saturated carbocycles. The molecule has 1 nitrogen and oxygen atoms in total. The predicted molar refractivity (Wildman–Crippen MR) is 37.3 cm³/mol. The Morgan fingerprint density at radius 1 is 1.27 bits per heavy atom. The van der Waals surface area contributed by atoms with Crippen molar-refractivity contribution in [3.05, 3.63) is 34.4 Å². The van der Waals surface area contributed by atoms with Crippen LogP contribution in [0.3, 0.4) is 0 Å². The molecule has 0 fully saturated rings. The van der Waals surface area contributed by atoms with Crippen LogP contribution in [0.1, 0.15) is 5.56 Å². The van der Waals surface area contributed by atoms with Crippen LogP contribution in [0.25, 0.3) is 0 Å². The highest BCUT2D eigenvalue weighted by atomic mass is 35.5. The van der Waals surface area contributed by atoms with Gasteiger partial charge in [0.05, 0.1) is 11.6 Å². The fraction of sp³-hybridized carbons (Fsp3) is 0.143. The maximum atomic E-state index is 12.6. The predicted octanol–water partition coefficient (Wildman–Crippen LogP) is 2.11. The molecule has 0 radical (unpaired) electrons. The van der Waals surface area contributed by atoms with E-state index in [0.29, 0.717) is 0 Å². The van der Waals surface area contributed by atoms with Gasteiger partial charge < -0.3 is 5.11 Å². The molecular weight excluding hydrogens is 174 g/mol. The summed E-state index contributed by atoms with van der Waals surface area (Å²) < 4.78 is 25.2. The smallest absolute Gasteiger partial charge is 0.142 e. The third-order valence-electron chi connectivity index (χ3n) is 1.30. The van der Waals surface area contributed by atoms with E-state index < -0.39 is 18.2 Å². The summed E-state index contributed by atoms with van der Waals surface area (Å²) >= 11 is 5.32. The van der Waals surface area contributed by atoms with Gasteiger partial charge in [-0.15, -0.1) is 0 Å². The van der Waals surface area contributed by atoms with Crippen molar-refractivity contribution in [3.8, 4) is 0 Å². The number of hydrogen-bond acceptors (Lipinski definition) is 1. The zero-order chi connectivity index (χ0) is 8.43. The Kier molecular flexibility index (Phi) is 2.42. The lowest BCUT2D eigenvalue weighted by Crippen LogP contribution is -1.93. The number of halogens is 3. The third-order valence-corrected chi connectivity index (χ3v) is 1.71. The van der Waals surface area contributed by atoms with Crippen LogP contribution in [-0.2, 0) is 6.61 Å². The average Bonchev–Trinajstić information content (AvgIpc) is 1.99. The van der Waals surface area contributed by atoms with E-state index in [0.717, 1.165) is 12.1 Å². The van der Waals surface area contributed by atoms with Crippen LogP contribution >= 0.6 is 11.6 Å². The van der Waals surface area contributed by atoms with E-state index in [1.165, 1.54) is 0 Å². The molecule has 60 valence electrons. The fourth-order valence-corrected chi connectivity index (χ4v) is 0.927. The highest BCUT2D eigenvalue weighted by Gasteiger charge is 2.09. The lowest BCUT2D eigenvalue weighted by Gasteiger charge is -2.01. The van der Waals surface area contributed by atoms with Gasteiger partial charge in [-0.1, -0.05) is 11.6 Å². The van der Waals surface area contributed by atoms with Gasteiger partial charge in [-0.2, -0.15) is 0 Å². The molecule has 0 unspecified atom stereocenters. The first kappa shape index (κ1) is 8.43. The van der Waals surface area contributed by atoms with E-state index in [1.54, 1.807) is 0 Å². The van der Waals surface area contributed by atoms with Crippen LogP contribution in [0.4, 0.5) is 8.78 Å². The average molecular weight is 179 g/mol. The molecule has 1 N–H and O–H groups in total. The topological polar surface area (TPSA) is 20.2 Å². The van der Waals surface area contributed by atoms with Crippen LogP contribution in [0.5, 0.6) is 0 Å². The quantitative estimate of drug-likeness (QED) is 0.653. The van der Waals surface area contributed by atoms with Crippen molar-refractivity contribution < 1.29 is 13.9 Å². The molecule has 1 aromatic rings. The summed E-state index contributed by atoms with van der Waals surface area (Å²) in [5.41, 5.74) is -0.202. The molecule has 11 heavy (non-hydrogen) atoms. The summed E-state index contributed by atoms with van der Waals surface area (Å²) in [6.07, 6.45) is 0. The van der Waals surface area contributed by atoms with Crippen molar-refractivity contribution in [2.75, 3.05) is 0 Å². The third kappa shape index (κ3) is 1.49. The molecule has 4 heteroatoms. The second-order valence-corrected chi connectivity index (χ2v) is 2.36. The molecule has 0 heterocycles. The Morgan fingerprint density at radius 3 is 2.27 bits per heavy atom. The Hall–Kier alpha value is -0.670. The Balaban J connectivity index is 3.29. The van der Waals surface area contributed by atoms with E-state index >= 15 is 0 Å². The van der Waals surface area contributed by atoms with Crippen LogP contribution in [0.2, 0.25) is 5.02 Å². The maximum absolute atomic E-state index is 12.6. The van der Waals surface area contributed by atoms with Gasteiger partial charge >= 0.3 is 0 Å². The largest absolute Gasteiger partial charge is 0.392 e. The molecule has 0 aliphatic carbocycles. The van der Waals surface area contributed by atoms with E-state index in [9.17, 15) is 8.78 Å². The van der Waals surface area contributed by atoms with E-state index in [4.69, 9.17) is 16.7 Å². The van der Waals surface area contributed by atoms with Crippen LogP contribution in [0, 0.1) is 11.6 Å². The second kappa shape index (κ2) is 3.15. The fourth-order valence-electron chi connectivity index (χ4n) is 0.714. The minimum atomic E-state index is -0.725. The number of benzene rings is 1. The van der Waals surface area contributed by atoms with Crippen LogP contribution in [-0.4, -0.2) is 5.11 Å². The molecule has 0 atom stereocenters. The lowest BCUT2D eigenvalue weighted by atomic mass is 10.2. The molecule has 0 spiro atoms. The first-order chi connectivity index (χ1) is 5.16. The molecule has 0 saturated heterocycles. The summed E-state index contributed by atoms with van der Waals surface area (Å²) in [5, 5.41) is 8.18. The summed E-state index contributed by atoms with van der Waals surface area (Å²) in [6, 6.07) is 1.84. The molecule has 0 aromatic heterocycles. The van der Waals surface area contributed by atoms with Gasteiger partial charge in [-0.25, -0.2) is 8.78 Å². The number of aliphatic hydroxyl groups is 1. The zero-order valence-electron chi connectivity index (χ0n) is 5.44. The summed E-state index contributed by atoms with van der Waals surface area (Å²) in [6.45, 7) is -0.595. The molecular formula is C7H5ClF2O. The number of rotatable bonds is 1. The van der Waals surface area contributed by atoms with E-state index in [2.05, 4.69) is 0 Å². The highest BCUT2D eigenvalue weighted by Crippen LogP contribution is 2.22. The van der Waals surface area contributed by atoms with Gasteiger partial charge in [0.25, 0.3) is 0 Å². The normalized spacial score (nSPS) is 10.2. The van der Waals surface area contributed by atoms with Gasteiger partial charge in [0, 0.05) is 5.56 Å². The SMILES string of the molecule is OCc1c(F)ccc(F)c1Cl. The van der Waals surface area contributed by atoms with Crippen molar-refractivity contribution in [2.45, 2.75) is 6.61 Å². The van der Waals surface area contributed by atoms with Gasteiger partial charge in [0.1, 0.15) is 11.6 Å². The van der Waals surface area contributed by atoms with Crippen LogP contribution < -0.4 is 0 Å². The van der Waals surface area contributed by atoms with Crippen molar-refractivity contribution in [1.29, 1.82) is 0 Å². The first-order valence-corrected chi connectivity index (χ1v) is 3.28. The summed E-state index contributed by atoms with van der Waals surface area (Å²) in [7, 11) is 0. The van der Waals surface area contributed by atoms with Gasteiger partial charge in [0.15, 0.2) is 0 Å². The summed E-state index contributed by atoms with van der Waals surface area (Å²) in [4.78, 5) is 0. The van der Waals surface area contributed by atoms with Crippen molar-refractivity contribution in [1.82, 2.24) is 0 Å². The first-order valence-electron chi connectivity index (χ1n) is 2.90. The van der Waals surface area contributed by atoms with Crippen molar-refractivity contribution in [3.63, 3.8) is 0 Å². The monoisotopic (exact) mass is 178 g/mol. The lowest BCUT2D eigenvalue weighted by molar-refractivity contribution is 0.275. The maximum Gasteiger partial charge on any atom is 0.142 e. The Labute approximate surface area is 67.2 Å². The minimum Gasteiger partial charge on any atom is -0.392 e. The Morgan fingerprint density at radius 2 is 1.82 bits per heavy atom. The molecule has 0 aliphatic heterocycles. The summed E-state index contributed by atoms with van der Waals surface area (Å²) in [5.74, 6) is -1.42. The number of hydrogen-bond donors (Lipinski definition) is 1. The van der Waals surface area contributed by atoms with Crippen LogP contribution in [0.15, 0.2) is 12.1 Å². The van der Waals surface area contributed by atoms with Gasteiger partial charge in [-0.05, 0) is 12.1 Å². The van der Waals surface area contributed by atoms with Crippen molar-refractivity contribution in [2.24, 2.45) is 0 Å². The standard InChI is InChI=1S/C7H5ClF2O/c8-7-4(3-11)5(9)1-2-6(7)10/h1-2,11H,3H2.